The van der Waals surface area contributed by atoms with Gasteiger partial charge in [0.15, 0.2) is 0 Å². The van der Waals surface area contributed by atoms with E-state index in [1.807, 2.05) is 0 Å². The Kier molecular flexibility index (Phi) is 3.10. The standard InChI is InChI=1S/C11H22N2O/c1-8(2)13-5-4-10(6-13)11-12-9(3)7-14-11/h8-12H,4-7H2,1-3H3. The third kappa shape index (κ3) is 2.10. The predicted octanol–water partition coefficient (Wildman–Crippen LogP) is 1.05. The van der Waals surface area contributed by atoms with Gasteiger partial charge in [-0.2, -0.15) is 0 Å². The fourth-order valence-corrected chi connectivity index (χ4v) is 2.43. The Morgan fingerprint density at radius 2 is 2.21 bits per heavy atom. The molecule has 3 heteroatoms. The van der Waals surface area contributed by atoms with Crippen LogP contribution < -0.4 is 5.32 Å². The second-order valence-electron chi connectivity index (χ2n) is 4.96. The van der Waals surface area contributed by atoms with Gasteiger partial charge < -0.3 is 9.64 Å². The maximum Gasteiger partial charge on any atom is 0.112 e. The highest BCUT2D eigenvalue weighted by Gasteiger charge is 2.34. The second-order valence-corrected chi connectivity index (χ2v) is 4.96. The minimum absolute atomic E-state index is 0.314. The molecule has 0 aromatic heterocycles. The average Bonchev–Trinajstić information content (AvgIpc) is 2.70. The fourth-order valence-electron chi connectivity index (χ4n) is 2.43. The van der Waals surface area contributed by atoms with E-state index in [1.54, 1.807) is 0 Å². The molecule has 2 aliphatic heterocycles. The predicted molar refractivity (Wildman–Crippen MR) is 57.2 cm³/mol. The van der Waals surface area contributed by atoms with Crippen LogP contribution in [0.25, 0.3) is 0 Å². The first-order valence-corrected chi connectivity index (χ1v) is 5.78. The molecule has 3 atom stereocenters. The lowest BCUT2D eigenvalue weighted by atomic mass is 10.1. The molecule has 0 aliphatic carbocycles. The van der Waals surface area contributed by atoms with Gasteiger partial charge in [0.1, 0.15) is 6.23 Å². The van der Waals surface area contributed by atoms with Gasteiger partial charge in [-0.25, -0.2) is 0 Å². The Morgan fingerprint density at radius 1 is 1.43 bits per heavy atom. The van der Waals surface area contributed by atoms with Crippen LogP contribution in [0, 0.1) is 5.92 Å². The summed E-state index contributed by atoms with van der Waals surface area (Å²) in [5, 5.41) is 3.51. The third-order valence-electron chi connectivity index (χ3n) is 3.39. The van der Waals surface area contributed by atoms with Crippen LogP contribution in [-0.2, 0) is 4.74 Å². The molecular weight excluding hydrogens is 176 g/mol. The molecule has 82 valence electrons. The van der Waals surface area contributed by atoms with E-state index in [0.29, 0.717) is 24.2 Å². The Labute approximate surface area is 86.8 Å². The van der Waals surface area contributed by atoms with Crippen molar-refractivity contribution in [3.63, 3.8) is 0 Å². The number of hydrogen-bond acceptors (Lipinski definition) is 3. The Hall–Kier alpha value is -0.120. The van der Waals surface area contributed by atoms with Crippen LogP contribution in [0.4, 0.5) is 0 Å². The van der Waals surface area contributed by atoms with Gasteiger partial charge in [0.05, 0.1) is 6.61 Å². The molecule has 14 heavy (non-hydrogen) atoms. The SMILES string of the molecule is CC1COC(C2CCN(C(C)C)C2)N1. The van der Waals surface area contributed by atoms with E-state index in [9.17, 15) is 0 Å². The molecule has 0 saturated carbocycles. The molecule has 2 saturated heterocycles. The lowest BCUT2D eigenvalue weighted by Gasteiger charge is -2.22. The summed E-state index contributed by atoms with van der Waals surface area (Å²) in [6.07, 6.45) is 1.59. The molecule has 1 N–H and O–H groups in total. The minimum Gasteiger partial charge on any atom is -0.361 e. The van der Waals surface area contributed by atoms with Crippen LogP contribution in [0.15, 0.2) is 0 Å². The van der Waals surface area contributed by atoms with Crippen molar-refractivity contribution in [2.75, 3.05) is 19.7 Å². The van der Waals surface area contributed by atoms with E-state index in [4.69, 9.17) is 4.74 Å². The largest absolute Gasteiger partial charge is 0.361 e. The Balaban J connectivity index is 1.83. The summed E-state index contributed by atoms with van der Waals surface area (Å²) in [7, 11) is 0. The molecule has 2 heterocycles. The van der Waals surface area contributed by atoms with Crippen LogP contribution in [-0.4, -0.2) is 42.9 Å². The first kappa shape index (κ1) is 10.4. The number of nitrogens with zero attached hydrogens (tertiary/aromatic N) is 1. The topological polar surface area (TPSA) is 24.5 Å². The molecule has 2 aliphatic rings. The zero-order valence-corrected chi connectivity index (χ0v) is 9.49. The fraction of sp³-hybridized carbons (Fsp3) is 1.00. The Morgan fingerprint density at radius 3 is 2.71 bits per heavy atom. The van der Waals surface area contributed by atoms with Crippen molar-refractivity contribution in [1.82, 2.24) is 10.2 Å². The lowest BCUT2D eigenvalue weighted by molar-refractivity contribution is 0.0532. The molecule has 0 spiro atoms. The summed E-state index contributed by atoms with van der Waals surface area (Å²) in [4.78, 5) is 2.54. The van der Waals surface area contributed by atoms with E-state index >= 15 is 0 Å². The van der Waals surface area contributed by atoms with Crippen LogP contribution in [0.1, 0.15) is 27.2 Å². The summed E-state index contributed by atoms with van der Waals surface area (Å²) >= 11 is 0. The molecular formula is C11H22N2O. The van der Waals surface area contributed by atoms with Gasteiger partial charge in [0, 0.05) is 24.5 Å². The number of rotatable bonds is 2. The van der Waals surface area contributed by atoms with Gasteiger partial charge in [-0.05, 0) is 33.7 Å². The first-order valence-electron chi connectivity index (χ1n) is 5.78. The van der Waals surface area contributed by atoms with Crippen molar-refractivity contribution >= 4 is 0 Å². The summed E-state index contributed by atoms with van der Waals surface area (Å²) in [6, 6.07) is 1.21. The number of nitrogens with one attached hydrogen (secondary N) is 1. The Bertz CT molecular complexity index is 196. The molecule has 0 bridgehead atoms. The second kappa shape index (κ2) is 4.17. The monoisotopic (exact) mass is 198 g/mol. The lowest BCUT2D eigenvalue weighted by Crippen LogP contribution is -2.37. The normalized spacial score (nSPS) is 39.9. The molecule has 2 rings (SSSR count). The number of hydrogen-bond donors (Lipinski definition) is 1. The van der Waals surface area contributed by atoms with Crippen LogP contribution >= 0.6 is 0 Å². The molecule has 2 fully saturated rings. The van der Waals surface area contributed by atoms with Crippen molar-refractivity contribution in [3.8, 4) is 0 Å². The van der Waals surface area contributed by atoms with Crippen LogP contribution in [0.3, 0.4) is 0 Å². The zero-order valence-electron chi connectivity index (χ0n) is 9.49. The summed E-state index contributed by atoms with van der Waals surface area (Å²) in [5.41, 5.74) is 0. The van der Waals surface area contributed by atoms with E-state index in [1.165, 1.54) is 19.5 Å². The van der Waals surface area contributed by atoms with Crippen molar-refractivity contribution in [1.29, 1.82) is 0 Å². The highest BCUT2D eigenvalue weighted by Crippen LogP contribution is 2.24. The van der Waals surface area contributed by atoms with Gasteiger partial charge in [-0.15, -0.1) is 0 Å². The minimum atomic E-state index is 0.314. The molecule has 0 radical (unpaired) electrons. The number of ether oxygens (including phenoxy) is 1. The maximum atomic E-state index is 5.74. The van der Waals surface area contributed by atoms with Gasteiger partial charge >= 0.3 is 0 Å². The first-order chi connectivity index (χ1) is 6.66. The van der Waals surface area contributed by atoms with E-state index < -0.39 is 0 Å². The van der Waals surface area contributed by atoms with E-state index in [-0.39, 0.29) is 0 Å². The smallest absolute Gasteiger partial charge is 0.112 e. The van der Waals surface area contributed by atoms with Gasteiger partial charge in [0.25, 0.3) is 0 Å². The van der Waals surface area contributed by atoms with E-state index in [0.717, 1.165) is 6.61 Å². The summed E-state index contributed by atoms with van der Waals surface area (Å²) in [6.45, 7) is 10.0. The van der Waals surface area contributed by atoms with Crippen molar-refractivity contribution in [2.45, 2.75) is 45.5 Å². The molecule has 3 nitrogen and oxygen atoms in total. The molecule has 0 amide bonds. The van der Waals surface area contributed by atoms with E-state index in [2.05, 4.69) is 31.0 Å². The van der Waals surface area contributed by atoms with Crippen molar-refractivity contribution < 1.29 is 4.74 Å². The van der Waals surface area contributed by atoms with Crippen LogP contribution in [0.5, 0.6) is 0 Å². The molecule has 0 aromatic rings. The highest BCUT2D eigenvalue weighted by atomic mass is 16.5. The van der Waals surface area contributed by atoms with Gasteiger partial charge in [0.2, 0.25) is 0 Å². The van der Waals surface area contributed by atoms with Gasteiger partial charge in [-0.3, -0.25) is 5.32 Å². The average molecular weight is 198 g/mol. The van der Waals surface area contributed by atoms with Crippen molar-refractivity contribution in [2.24, 2.45) is 5.92 Å². The molecule has 0 aromatic carbocycles. The van der Waals surface area contributed by atoms with Crippen LogP contribution in [0.2, 0.25) is 0 Å². The third-order valence-corrected chi connectivity index (χ3v) is 3.39. The van der Waals surface area contributed by atoms with Gasteiger partial charge in [-0.1, -0.05) is 0 Å². The van der Waals surface area contributed by atoms with Crippen molar-refractivity contribution in [3.05, 3.63) is 0 Å². The summed E-state index contributed by atoms with van der Waals surface area (Å²) in [5.74, 6) is 0.697. The highest BCUT2D eigenvalue weighted by molar-refractivity contribution is 4.85. The quantitative estimate of drug-likeness (QED) is 0.718. The zero-order chi connectivity index (χ0) is 10.1. The number of likely N-dealkylation sites (tertiary alicyclic amines) is 1. The summed E-state index contributed by atoms with van der Waals surface area (Å²) < 4.78 is 5.74. The molecule has 3 unspecified atom stereocenters. The maximum absolute atomic E-state index is 5.74.